The number of benzene rings is 1. The minimum absolute atomic E-state index is 0.167. The molecule has 2 aromatic rings. The molecule has 0 atom stereocenters. The van der Waals surface area contributed by atoms with Gasteiger partial charge in [0.2, 0.25) is 0 Å². The van der Waals surface area contributed by atoms with Crippen molar-refractivity contribution in [2.75, 3.05) is 5.73 Å². The molecule has 0 radical (unpaired) electrons. The molecule has 17 heavy (non-hydrogen) atoms. The van der Waals surface area contributed by atoms with E-state index in [9.17, 15) is 4.57 Å². The third kappa shape index (κ3) is 6.64. The lowest BCUT2D eigenvalue weighted by atomic mass is 10.3. The van der Waals surface area contributed by atoms with E-state index in [1.165, 1.54) is 23.7 Å². The summed E-state index contributed by atoms with van der Waals surface area (Å²) in [6.45, 7) is 0. The summed E-state index contributed by atoms with van der Waals surface area (Å²) >= 11 is 1.25. The Bertz CT molecular complexity index is 473. The molecular formula is C8H10N3O4PS. The van der Waals surface area contributed by atoms with Crippen LogP contribution in [0.5, 0.6) is 5.75 Å². The van der Waals surface area contributed by atoms with Gasteiger partial charge in [-0.15, -0.1) is 5.10 Å². The fraction of sp³-hybridized carbons (Fsp3) is 0. The van der Waals surface area contributed by atoms with Crippen LogP contribution in [-0.4, -0.2) is 19.4 Å². The Morgan fingerprint density at radius 1 is 1.29 bits per heavy atom. The van der Waals surface area contributed by atoms with Crippen molar-refractivity contribution in [1.82, 2.24) is 9.59 Å². The molecule has 7 nitrogen and oxygen atoms in total. The highest BCUT2D eigenvalue weighted by Crippen LogP contribution is 2.36. The summed E-state index contributed by atoms with van der Waals surface area (Å²) < 4.78 is 18.0. The van der Waals surface area contributed by atoms with Crippen LogP contribution in [-0.2, 0) is 4.57 Å². The van der Waals surface area contributed by atoms with Gasteiger partial charge in [-0.1, -0.05) is 22.7 Å². The number of nitrogens with two attached hydrogens (primary N) is 1. The number of nitrogen functional groups attached to an aromatic ring is 1. The summed E-state index contributed by atoms with van der Waals surface area (Å²) in [4.78, 5) is 16.7. The molecule has 92 valence electrons. The molecule has 9 heteroatoms. The van der Waals surface area contributed by atoms with E-state index in [2.05, 4.69) is 14.1 Å². The van der Waals surface area contributed by atoms with Crippen LogP contribution in [0.3, 0.4) is 0 Å². The van der Waals surface area contributed by atoms with Gasteiger partial charge < -0.3 is 10.3 Å². The predicted molar refractivity (Wildman–Crippen MR) is 63.4 cm³/mol. The van der Waals surface area contributed by atoms with E-state index in [0.29, 0.717) is 5.82 Å². The zero-order chi connectivity index (χ0) is 12.7. The molecule has 0 aliphatic carbocycles. The zero-order valence-corrected chi connectivity index (χ0v) is 10.2. The minimum atomic E-state index is -4.39. The fourth-order valence-corrected chi connectivity index (χ4v) is 1.53. The first kappa shape index (κ1) is 13.6. The van der Waals surface area contributed by atoms with Crippen molar-refractivity contribution in [2.45, 2.75) is 0 Å². The molecule has 0 saturated carbocycles. The number of phosphoric ester groups is 1. The predicted octanol–water partition coefficient (Wildman–Crippen LogP) is 1.28. The topological polar surface area (TPSA) is 119 Å². The van der Waals surface area contributed by atoms with Gasteiger partial charge in [-0.2, -0.15) is 0 Å². The monoisotopic (exact) mass is 275 g/mol. The molecule has 1 heterocycles. The second-order valence-corrected chi connectivity index (χ2v) is 4.50. The fourth-order valence-electron chi connectivity index (χ4n) is 0.791. The third-order valence-corrected chi connectivity index (χ3v) is 2.32. The summed E-state index contributed by atoms with van der Waals surface area (Å²) in [5, 5.41) is 5.14. The largest absolute Gasteiger partial charge is 0.524 e. The Balaban J connectivity index is 0.000000202. The Morgan fingerprint density at radius 2 is 1.94 bits per heavy atom. The van der Waals surface area contributed by atoms with Gasteiger partial charge in [0.1, 0.15) is 5.75 Å². The summed E-state index contributed by atoms with van der Waals surface area (Å²) in [7, 11) is -4.39. The minimum Gasteiger partial charge on any atom is -0.404 e. The molecule has 4 N–H and O–H groups in total. The smallest absolute Gasteiger partial charge is 0.404 e. The second-order valence-electron chi connectivity index (χ2n) is 2.72. The van der Waals surface area contributed by atoms with Gasteiger partial charge >= 0.3 is 7.82 Å². The van der Waals surface area contributed by atoms with Crippen LogP contribution < -0.4 is 10.3 Å². The van der Waals surface area contributed by atoms with Gasteiger partial charge in [-0.25, -0.2) is 4.57 Å². The molecular weight excluding hydrogens is 265 g/mol. The van der Waals surface area contributed by atoms with Crippen molar-refractivity contribution in [3.05, 3.63) is 35.7 Å². The molecule has 0 aliphatic rings. The summed E-state index contributed by atoms with van der Waals surface area (Å²) in [6.07, 6.45) is 0. The number of para-hydroxylation sites is 1. The van der Waals surface area contributed by atoms with Crippen LogP contribution in [0.2, 0.25) is 0 Å². The van der Waals surface area contributed by atoms with Gasteiger partial charge in [0, 0.05) is 0 Å². The van der Waals surface area contributed by atoms with E-state index < -0.39 is 7.82 Å². The van der Waals surface area contributed by atoms with Crippen LogP contribution in [0, 0.1) is 0 Å². The summed E-state index contributed by atoms with van der Waals surface area (Å²) in [5.41, 5.74) is 5.11. The number of hydrogen-bond donors (Lipinski definition) is 3. The maximum Gasteiger partial charge on any atom is 0.524 e. The molecule has 0 amide bonds. The van der Waals surface area contributed by atoms with Crippen LogP contribution in [0.4, 0.5) is 5.82 Å². The Kier molecular flexibility index (Phi) is 5.05. The van der Waals surface area contributed by atoms with E-state index in [0.717, 1.165) is 0 Å². The second kappa shape index (κ2) is 6.31. The van der Waals surface area contributed by atoms with Crippen LogP contribution >= 0.6 is 19.4 Å². The van der Waals surface area contributed by atoms with Crippen molar-refractivity contribution in [3.8, 4) is 5.75 Å². The van der Waals surface area contributed by atoms with E-state index >= 15 is 0 Å². The maximum atomic E-state index is 10.3. The van der Waals surface area contributed by atoms with Crippen molar-refractivity contribution in [2.24, 2.45) is 0 Å². The van der Waals surface area contributed by atoms with E-state index in [1.807, 2.05) is 0 Å². The van der Waals surface area contributed by atoms with Gasteiger partial charge in [0.25, 0.3) is 0 Å². The molecule has 0 spiro atoms. The van der Waals surface area contributed by atoms with Crippen molar-refractivity contribution in [1.29, 1.82) is 0 Å². The standard InChI is InChI=1S/C6H7O4P.C2H3N3S/c7-11(8,9)10-6-4-2-1-3-5-6;3-2-1-6-5-4-2/h1-5H,(H2,7,8,9);1H,3H2. The summed E-state index contributed by atoms with van der Waals surface area (Å²) in [5.74, 6) is 0.667. The van der Waals surface area contributed by atoms with Crippen LogP contribution in [0.1, 0.15) is 0 Å². The van der Waals surface area contributed by atoms with Crippen molar-refractivity contribution < 1.29 is 18.9 Å². The lowest BCUT2D eigenvalue weighted by Gasteiger charge is -2.04. The van der Waals surface area contributed by atoms with E-state index in [1.54, 1.807) is 23.6 Å². The Hall–Kier alpha value is -1.47. The first-order valence-electron chi connectivity index (χ1n) is 4.30. The first-order valence-corrected chi connectivity index (χ1v) is 6.67. The third-order valence-electron chi connectivity index (χ3n) is 1.34. The molecule has 0 aliphatic heterocycles. The molecule has 0 saturated heterocycles. The number of hydrogen-bond acceptors (Lipinski definition) is 6. The molecule has 2 rings (SSSR count). The van der Waals surface area contributed by atoms with Gasteiger partial charge in [0.05, 0.1) is 5.38 Å². The highest BCUT2D eigenvalue weighted by molar-refractivity contribution is 7.46. The Morgan fingerprint density at radius 3 is 2.29 bits per heavy atom. The molecule has 0 bridgehead atoms. The number of anilines is 1. The number of nitrogens with zero attached hydrogens (tertiary/aromatic N) is 2. The SMILES string of the molecule is Nc1csnn1.O=P(O)(O)Oc1ccccc1. The zero-order valence-electron chi connectivity index (χ0n) is 8.50. The number of aromatic nitrogens is 2. The van der Waals surface area contributed by atoms with E-state index in [4.69, 9.17) is 15.5 Å². The average Bonchev–Trinajstić information content (AvgIpc) is 2.69. The maximum absolute atomic E-state index is 10.3. The quantitative estimate of drug-likeness (QED) is 0.706. The molecule has 1 aromatic heterocycles. The lowest BCUT2D eigenvalue weighted by molar-refractivity contribution is 0.283. The number of rotatable bonds is 2. The van der Waals surface area contributed by atoms with Crippen molar-refractivity contribution >= 4 is 25.2 Å². The first-order chi connectivity index (χ1) is 7.97. The molecule has 0 fully saturated rings. The van der Waals surface area contributed by atoms with Gasteiger partial charge in [-0.3, -0.25) is 9.79 Å². The van der Waals surface area contributed by atoms with Gasteiger partial charge in [0.15, 0.2) is 5.82 Å². The Labute approximate surface area is 101 Å². The highest BCUT2D eigenvalue weighted by atomic mass is 32.1. The van der Waals surface area contributed by atoms with Crippen LogP contribution in [0.15, 0.2) is 35.7 Å². The van der Waals surface area contributed by atoms with Crippen LogP contribution in [0.25, 0.3) is 0 Å². The summed E-state index contributed by atoms with van der Waals surface area (Å²) in [6, 6.07) is 7.93. The highest BCUT2D eigenvalue weighted by Gasteiger charge is 2.14. The lowest BCUT2D eigenvalue weighted by Crippen LogP contribution is -1.88. The average molecular weight is 275 g/mol. The van der Waals surface area contributed by atoms with E-state index in [-0.39, 0.29) is 5.75 Å². The van der Waals surface area contributed by atoms with Crippen molar-refractivity contribution in [3.63, 3.8) is 0 Å². The van der Waals surface area contributed by atoms with Gasteiger partial charge in [-0.05, 0) is 23.7 Å². The normalized spacial score (nSPS) is 10.2. The number of phosphoric acid groups is 1. The molecule has 0 unspecified atom stereocenters. The molecule has 1 aromatic carbocycles.